The standard InChI is InChI=1S/C28H39N7O/c1-2-15-34-16-3-8-28(22-34)9-17-33(18-10-28)19-23-4-6-24(7-5-23)27(36)35(20-25-29-11-12-30-25)21-26-31-13-14-32-26/h4-7,11-14H,2-3,8-10,15-22H2,1H3,(H,29,30)(H,31,32). The van der Waals surface area contributed by atoms with Gasteiger partial charge in [-0.25, -0.2) is 9.97 Å². The maximum absolute atomic E-state index is 13.4. The van der Waals surface area contributed by atoms with Crippen LogP contribution in [0.5, 0.6) is 0 Å². The van der Waals surface area contributed by atoms with E-state index in [9.17, 15) is 4.79 Å². The number of carbonyl (C=O) groups excluding carboxylic acids is 1. The number of hydrogen-bond acceptors (Lipinski definition) is 5. The highest BCUT2D eigenvalue weighted by Crippen LogP contribution is 2.40. The summed E-state index contributed by atoms with van der Waals surface area (Å²) in [7, 11) is 0. The predicted molar refractivity (Wildman–Crippen MR) is 140 cm³/mol. The van der Waals surface area contributed by atoms with Crippen LogP contribution in [0.4, 0.5) is 0 Å². The summed E-state index contributed by atoms with van der Waals surface area (Å²) in [6, 6.07) is 8.15. The Morgan fingerprint density at radius 3 is 2.19 bits per heavy atom. The molecule has 1 spiro atoms. The first-order valence-electron chi connectivity index (χ1n) is 13.4. The molecule has 2 aliphatic rings. The van der Waals surface area contributed by atoms with Crippen LogP contribution in [0.2, 0.25) is 0 Å². The first kappa shape index (κ1) is 24.7. The number of aromatic nitrogens is 4. The van der Waals surface area contributed by atoms with Gasteiger partial charge in [0.25, 0.3) is 5.91 Å². The van der Waals surface area contributed by atoms with E-state index < -0.39 is 0 Å². The van der Waals surface area contributed by atoms with Crippen molar-refractivity contribution in [2.75, 3.05) is 32.7 Å². The molecule has 1 amide bonds. The summed E-state index contributed by atoms with van der Waals surface area (Å²) in [4.78, 5) is 35.2. The van der Waals surface area contributed by atoms with Crippen LogP contribution in [-0.4, -0.2) is 73.3 Å². The first-order valence-corrected chi connectivity index (χ1v) is 13.4. The van der Waals surface area contributed by atoms with Crippen molar-refractivity contribution in [1.82, 2.24) is 34.6 Å². The normalized spacial score (nSPS) is 18.5. The maximum atomic E-state index is 13.4. The summed E-state index contributed by atoms with van der Waals surface area (Å²) < 4.78 is 0. The van der Waals surface area contributed by atoms with Crippen molar-refractivity contribution in [2.45, 2.75) is 58.7 Å². The number of carbonyl (C=O) groups is 1. The third-order valence-corrected chi connectivity index (χ3v) is 7.88. The van der Waals surface area contributed by atoms with E-state index in [1.54, 1.807) is 29.7 Å². The van der Waals surface area contributed by atoms with Crippen molar-refractivity contribution in [3.05, 3.63) is 71.8 Å². The van der Waals surface area contributed by atoms with Crippen molar-refractivity contribution in [3.8, 4) is 0 Å². The Morgan fingerprint density at radius 2 is 1.61 bits per heavy atom. The van der Waals surface area contributed by atoms with Crippen molar-refractivity contribution >= 4 is 5.91 Å². The van der Waals surface area contributed by atoms with Crippen molar-refractivity contribution < 1.29 is 4.79 Å². The largest absolute Gasteiger partial charge is 0.347 e. The number of rotatable bonds is 9. The lowest BCUT2D eigenvalue weighted by Gasteiger charge is -2.48. The fraction of sp³-hybridized carbons (Fsp3) is 0.536. The molecule has 0 saturated carbocycles. The number of likely N-dealkylation sites (tertiary alicyclic amines) is 2. The van der Waals surface area contributed by atoms with Gasteiger partial charge in [0.05, 0.1) is 13.1 Å². The summed E-state index contributed by atoms with van der Waals surface area (Å²) in [5.41, 5.74) is 2.49. The molecule has 0 radical (unpaired) electrons. The number of aromatic amines is 2. The van der Waals surface area contributed by atoms with E-state index in [2.05, 4.69) is 48.8 Å². The van der Waals surface area contributed by atoms with Crippen LogP contribution in [0.3, 0.4) is 0 Å². The van der Waals surface area contributed by atoms with Crippen molar-refractivity contribution in [1.29, 1.82) is 0 Å². The summed E-state index contributed by atoms with van der Waals surface area (Å²) >= 11 is 0. The summed E-state index contributed by atoms with van der Waals surface area (Å²) in [5, 5.41) is 0. The van der Waals surface area contributed by atoms with Crippen LogP contribution >= 0.6 is 0 Å². The quantitative estimate of drug-likeness (QED) is 0.474. The Balaban J connectivity index is 1.18. The van der Waals surface area contributed by atoms with Gasteiger partial charge in [-0.2, -0.15) is 0 Å². The third kappa shape index (κ3) is 6.05. The molecule has 0 atom stereocenters. The van der Waals surface area contributed by atoms with Gasteiger partial charge in [-0.1, -0.05) is 19.1 Å². The molecule has 2 aromatic heterocycles. The molecule has 8 nitrogen and oxygen atoms in total. The lowest BCUT2D eigenvalue weighted by Crippen LogP contribution is -2.49. The van der Waals surface area contributed by atoms with Crippen molar-refractivity contribution in [3.63, 3.8) is 0 Å². The molecule has 3 aromatic rings. The number of nitrogens with zero attached hydrogens (tertiary/aromatic N) is 5. The SMILES string of the molecule is CCCN1CCCC2(CCN(Cc3ccc(C(=O)N(Cc4ncc[nH]4)Cc4ncc[nH]4)cc3)CC2)C1. The monoisotopic (exact) mass is 489 g/mol. The van der Waals surface area contributed by atoms with E-state index in [-0.39, 0.29) is 5.91 Å². The van der Waals surface area contributed by atoms with Gasteiger partial charge >= 0.3 is 0 Å². The average Bonchev–Trinajstić information content (AvgIpc) is 3.60. The number of nitrogens with one attached hydrogen (secondary N) is 2. The fourth-order valence-electron chi connectivity index (χ4n) is 5.93. The molecule has 0 aliphatic carbocycles. The predicted octanol–water partition coefficient (Wildman–Crippen LogP) is 4.06. The molecule has 2 N–H and O–H groups in total. The van der Waals surface area contributed by atoms with Crippen LogP contribution in [-0.2, 0) is 19.6 Å². The van der Waals surface area contributed by atoms with Crippen LogP contribution in [0.25, 0.3) is 0 Å². The van der Waals surface area contributed by atoms with Crippen LogP contribution in [0.1, 0.15) is 66.6 Å². The topological polar surface area (TPSA) is 84.2 Å². The zero-order valence-corrected chi connectivity index (χ0v) is 21.5. The van der Waals surface area contributed by atoms with Crippen molar-refractivity contribution in [2.24, 2.45) is 5.41 Å². The highest BCUT2D eigenvalue weighted by Gasteiger charge is 2.37. The van der Waals surface area contributed by atoms with E-state index in [4.69, 9.17) is 0 Å². The molecule has 1 aromatic carbocycles. The number of hydrogen-bond donors (Lipinski definition) is 2. The second kappa shape index (κ2) is 11.4. The number of piperidine rings is 2. The van der Waals surface area contributed by atoms with Crippen LogP contribution in [0, 0.1) is 5.41 Å². The van der Waals surface area contributed by atoms with Gasteiger partial charge in [-0.05, 0) is 81.4 Å². The Kier molecular flexibility index (Phi) is 7.82. The van der Waals surface area contributed by atoms with Gasteiger partial charge in [0.2, 0.25) is 0 Å². The molecule has 2 fully saturated rings. The van der Waals surface area contributed by atoms with E-state index in [0.29, 0.717) is 24.1 Å². The Morgan fingerprint density at radius 1 is 0.944 bits per heavy atom. The smallest absolute Gasteiger partial charge is 0.254 e. The molecular weight excluding hydrogens is 450 g/mol. The molecular formula is C28H39N7O. The number of amides is 1. The lowest BCUT2D eigenvalue weighted by atomic mass is 9.72. The van der Waals surface area contributed by atoms with Gasteiger partial charge in [0.15, 0.2) is 0 Å². The molecule has 8 heteroatoms. The second-order valence-corrected chi connectivity index (χ2v) is 10.6. The Hall–Kier alpha value is -2.97. The van der Waals surface area contributed by atoms with Crippen LogP contribution < -0.4 is 0 Å². The maximum Gasteiger partial charge on any atom is 0.254 e. The summed E-state index contributed by atoms with van der Waals surface area (Å²) in [6.07, 6.45) is 13.6. The highest BCUT2D eigenvalue weighted by molar-refractivity contribution is 5.94. The van der Waals surface area contributed by atoms with Gasteiger partial charge < -0.3 is 19.8 Å². The minimum atomic E-state index is -0.0248. The number of imidazole rings is 2. The lowest BCUT2D eigenvalue weighted by molar-refractivity contribution is 0.0218. The molecule has 5 rings (SSSR count). The molecule has 2 aliphatic heterocycles. The molecule has 4 heterocycles. The van der Waals surface area contributed by atoms with Crippen LogP contribution in [0.15, 0.2) is 49.1 Å². The second-order valence-electron chi connectivity index (χ2n) is 10.6. The van der Waals surface area contributed by atoms with E-state index in [0.717, 1.165) is 18.2 Å². The van der Waals surface area contributed by atoms with Gasteiger partial charge in [-0.3, -0.25) is 9.69 Å². The number of H-pyrrole nitrogens is 2. The van der Waals surface area contributed by atoms with E-state index in [1.807, 2.05) is 12.1 Å². The average molecular weight is 490 g/mol. The van der Waals surface area contributed by atoms with Gasteiger partial charge in [0.1, 0.15) is 11.6 Å². The molecule has 36 heavy (non-hydrogen) atoms. The highest BCUT2D eigenvalue weighted by atomic mass is 16.2. The molecule has 0 bridgehead atoms. The zero-order valence-electron chi connectivity index (χ0n) is 21.5. The van der Waals surface area contributed by atoms with E-state index >= 15 is 0 Å². The zero-order chi connectivity index (χ0) is 24.8. The molecule has 0 unspecified atom stereocenters. The molecule has 2 saturated heterocycles. The number of benzene rings is 1. The minimum absolute atomic E-state index is 0.0248. The molecule has 192 valence electrons. The summed E-state index contributed by atoms with van der Waals surface area (Å²) in [6.45, 7) is 10.2. The third-order valence-electron chi connectivity index (χ3n) is 7.88. The summed E-state index contributed by atoms with van der Waals surface area (Å²) in [5.74, 6) is 1.48. The first-order chi connectivity index (χ1) is 17.6. The minimum Gasteiger partial charge on any atom is -0.347 e. The Bertz CT molecular complexity index is 1030. The Labute approximate surface area is 214 Å². The fourth-order valence-corrected chi connectivity index (χ4v) is 5.93. The van der Waals surface area contributed by atoms with E-state index in [1.165, 1.54) is 70.4 Å². The van der Waals surface area contributed by atoms with Gasteiger partial charge in [-0.15, -0.1) is 0 Å². The van der Waals surface area contributed by atoms with Gasteiger partial charge in [0, 0.05) is 43.4 Å².